The Kier molecular flexibility index (Phi) is 3.79. The van der Waals surface area contributed by atoms with Gasteiger partial charge in [-0.25, -0.2) is 14.4 Å². The lowest BCUT2D eigenvalue weighted by Gasteiger charge is -2.12. The van der Waals surface area contributed by atoms with Crippen molar-refractivity contribution in [2.45, 2.75) is 27.2 Å². The van der Waals surface area contributed by atoms with Crippen LogP contribution in [0.2, 0.25) is 0 Å². The van der Waals surface area contributed by atoms with E-state index in [-0.39, 0.29) is 5.82 Å². The Morgan fingerprint density at radius 3 is 2.47 bits per heavy atom. The highest BCUT2D eigenvalue weighted by Gasteiger charge is 2.11. The monoisotopic (exact) mass is 259 g/mol. The molecule has 0 amide bonds. The van der Waals surface area contributed by atoms with Crippen LogP contribution >= 0.6 is 0 Å². The number of aromatic nitrogens is 2. The molecule has 0 fully saturated rings. The van der Waals surface area contributed by atoms with Gasteiger partial charge in [-0.05, 0) is 44.0 Å². The van der Waals surface area contributed by atoms with Crippen molar-refractivity contribution in [1.82, 2.24) is 9.97 Å². The van der Waals surface area contributed by atoms with Gasteiger partial charge < -0.3 is 5.32 Å². The molecule has 2 rings (SSSR count). The molecule has 0 radical (unpaired) electrons. The van der Waals surface area contributed by atoms with Gasteiger partial charge in [0.15, 0.2) is 5.82 Å². The Hall–Kier alpha value is -1.97. The summed E-state index contributed by atoms with van der Waals surface area (Å²) < 4.78 is 13.5. The number of hydrogen-bond acceptors (Lipinski definition) is 3. The lowest BCUT2D eigenvalue weighted by atomic mass is 10.1. The van der Waals surface area contributed by atoms with Crippen molar-refractivity contribution in [3.05, 3.63) is 40.8 Å². The Morgan fingerprint density at radius 2 is 1.89 bits per heavy atom. The van der Waals surface area contributed by atoms with Crippen LogP contribution in [0.4, 0.5) is 10.2 Å². The van der Waals surface area contributed by atoms with Crippen LogP contribution in [0.5, 0.6) is 0 Å². The van der Waals surface area contributed by atoms with Gasteiger partial charge in [-0.3, -0.25) is 0 Å². The fourth-order valence-electron chi connectivity index (χ4n) is 2.22. The summed E-state index contributed by atoms with van der Waals surface area (Å²) in [5.74, 6) is 1.11. The summed E-state index contributed by atoms with van der Waals surface area (Å²) in [6, 6.07) is 4.85. The zero-order valence-electron chi connectivity index (χ0n) is 11.7. The van der Waals surface area contributed by atoms with Crippen molar-refractivity contribution in [3.8, 4) is 11.4 Å². The molecule has 19 heavy (non-hydrogen) atoms. The van der Waals surface area contributed by atoms with Crippen molar-refractivity contribution < 1.29 is 4.39 Å². The third kappa shape index (κ3) is 2.72. The summed E-state index contributed by atoms with van der Waals surface area (Å²) in [6.45, 7) is 5.88. The van der Waals surface area contributed by atoms with E-state index in [0.29, 0.717) is 11.4 Å². The number of nitrogens with zero attached hydrogens (tertiary/aromatic N) is 2. The Balaban J connectivity index is 2.59. The fraction of sp³-hybridized carbons (Fsp3) is 0.333. The second kappa shape index (κ2) is 5.34. The van der Waals surface area contributed by atoms with Crippen molar-refractivity contribution >= 4 is 5.82 Å². The van der Waals surface area contributed by atoms with Gasteiger partial charge in [0, 0.05) is 23.9 Å². The smallest absolute Gasteiger partial charge is 0.161 e. The average molecular weight is 259 g/mol. The van der Waals surface area contributed by atoms with Gasteiger partial charge in [0.2, 0.25) is 0 Å². The third-order valence-corrected chi connectivity index (χ3v) is 3.10. The number of hydrogen-bond donors (Lipinski definition) is 1. The number of halogens is 1. The van der Waals surface area contributed by atoms with Crippen LogP contribution in [0.15, 0.2) is 18.2 Å². The summed E-state index contributed by atoms with van der Waals surface area (Å²) in [6.07, 6.45) is 0.866. The first kappa shape index (κ1) is 13.5. The molecule has 0 atom stereocenters. The maximum absolute atomic E-state index is 13.5. The zero-order valence-corrected chi connectivity index (χ0v) is 11.7. The topological polar surface area (TPSA) is 37.8 Å². The van der Waals surface area contributed by atoms with Gasteiger partial charge >= 0.3 is 0 Å². The number of rotatable bonds is 3. The van der Waals surface area contributed by atoms with E-state index in [9.17, 15) is 4.39 Å². The minimum absolute atomic E-state index is 0.262. The second-order valence-corrected chi connectivity index (χ2v) is 4.58. The van der Waals surface area contributed by atoms with E-state index in [4.69, 9.17) is 0 Å². The summed E-state index contributed by atoms with van der Waals surface area (Å²) in [5, 5.41) is 3.08. The van der Waals surface area contributed by atoms with Crippen molar-refractivity contribution in [1.29, 1.82) is 0 Å². The predicted molar refractivity (Wildman–Crippen MR) is 75.8 cm³/mol. The molecule has 0 spiro atoms. The Labute approximate surface area is 112 Å². The van der Waals surface area contributed by atoms with Gasteiger partial charge in [0.25, 0.3) is 0 Å². The first-order valence-corrected chi connectivity index (χ1v) is 6.38. The SMILES string of the molecule is CCc1c(C)nc(-c2cc(C)cc(F)c2)nc1NC. The van der Waals surface area contributed by atoms with Crippen molar-refractivity contribution in [3.63, 3.8) is 0 Å². The lowest BCUT2D eigenvalue weighted by molar-refractivity contribution is 0.627. The molecule has 0 unspecified atom stereocenters. The van der Waals surface area contributed by atoms with Gasteiger partial charge in [0.1, 0.15) is 11.6 Å². The molecular weight excluding hydrogens is 241 g/mol. The van der Waals surface area contributed by atoms with Crippen LogP contribution in [0.25, 0.3) is 11.4 Å². The van der Waals surface area contributed by atoms with Crippen LogP contribution in [0, 0.1) is 19.7 Å². The molecule has 0 saturated heterocycles. The molecule has 100 valence electrons. The largest absolute Gasteiger partial charge is 0.373 e. The normalized spacial score (nSPS) is 10.6. The third-order valence-electron chi connectivity index (χ3n) is 3.10. The maximum Gasteiger partial charge on any atom is 0.161 e. The summed E-state index contributed by atoms with van der Waals surface area (Å²) in [5.41, 5.74) is 3.60. The second-order valence-electron chi connectivity index (χ2n) is 4.58. The van der Waals surface area contributed by atoms with Gasteiger partial charge in [0.05, 0.1) is 0 Å². The molecule has 1 N–H and O–H groups in total. The average Bonchev–Trinajstić information content (AvgIpc) is 2.36. The van der Waals surface area contributed by atoms with Crippen LogP contribution in [-0.2, 0) is 6.42 Å². The van der Waals surface area contributed by atoms with Crippen LogP contribution in [0.3, 0.4) is 0 Å². The predicted octanol–water partition coefficient (Wildman–Crippen LogP) is 3.50. The molecule has 0 bridgehead atoms. The lowest BCUT2D eigenvalue weighted by Crippen LogP contribution is -2.05. The van der Waals surface area contributed by atoms with E-state index < -0.39 is 0 Å². The van der Waals surface area contributed by atoms with E-state index in [1.54, 1.807) is 0 Å². The Bertz CT molecular complexity index is 588. The molecule has 0 saturated carbocycles. The van der Waals surface area contributed by atoms with E-state index in [1.807, 2.05) is 27.0 Å². The van der Waals surface area contributed by atoms with Crippen molar-refractivity contribution in [2.75, 3.05) is 12.4 Å². The van der Waals surface area contributed by atoms with Crippen LogP contribution in [0.1, 0.15) is 23.7 Å². The maximum atomic E-state index is 13.5. The number of anilines is 1. The number of benzene rings is 1. The summed E-state index contributed by atoms with van der Waals surface area (Å²) in [4.78, 5) is 8.97. The minimum atomic E-state index is -0.262. The van der Waals surface area contributed by atoms with Gasteiger partial charge in [-0.1, -0.05) is 6.92 Å². The molecule has 1 heterocycles. The quantitative estimate of drug-likeness (QED) is 0.916. The molecule has 0 aliphatic rings. The highest BCUT2D eigenvalue weighted by atomic mass is 19.1. The molecule has 1 aromatic heterocycles. The van der Waals surface area contributed by atoms with E-state index in [1.165, 1.54) is 12.1 Å². The minimum Gasteiger partial charge on any atom is -0.373 e. The molecule has 2 aromatic rings. The molecule has 0 aliphatic heterocycles. The summed E-state index contributed by atoms with van der Waals surface area (Å²) >= 11 is 0. The molecule has 3 nitrogen and oxygen atoms in total. The Morgan fingerprint density at radius 1 is 1.16 bits per heavy atom. The molecular formula is C15H18FN3. The number of nitrogens with one attached hydrogen (secondary N) is 1. The highest BCUT2D eigenvalue weighted by Crippen LogP contribution is 2.23. The van der Waals surface area contributed by atoms with Crippen LogP contribution < -0.4 is 5.32 Å². The fourth-order valence-corrected chi connectivity index (χ4v) is 2.22. The standard InChI is InChI=1S/C15H18FN3/c1-5-13-10(3)18-14(19-15(13)17-4)11-6-9(2)7-12(16)8-11/h6-8H,5H2,1-4H3,(H,17,18,19). The summed E-state index contributed by atoms with van der Waals surface area (Å²) in [7, 11) is 1.83. The highest BCUT2D eigenvalue weighted by molar-refractivity contribution is 5.60. The van der Waals surface area contributed by atoms with E-state index in [0.717, 1.165) is 29.1 Å². The number of aryl methyl sites for hydroxylation is 2. The molecule has 0 aliphatic carbocycles. The van der Waals surface area contributed by atoms with E-state index >= 15 is 0 Å². The first-order chi connectivity index (χ1) is 9.05. The van der Waals surface area contributed by atoms with Gasteiger partial charge in [-0.15, -0.1) is 0 Å². The van der Waals surface area contributed by atoms with Crippen LogP contribution in [-0.4, -0.2) is 17.0 Å². The molecule has 1 aromatic carbocycles. The molecule has 4 heteroatoms. The van der Waals surface area contributed by atoms with Crippen molar-refractivity contribution in [2.24, 2.45) is 0 Å². The van der Waals surface area contributed by atoms with E-state index in [2.05, 4.69) is 22.2 Å². The zero-order chi connectivity index (χ0) is 14.0. The first-order valence-electron chi connectivity index (χ1n) is 6.38. The van der Waals surface area contributed by atoms with Gasteiger partial charge in [-0.2, -0.15) is 0 Å².